The maximum absolute atomic E-state index is 11.1. The van der Waals surface area contributed by atoms with Crippen LogP contribution >= 0.6 is 0 Å². The minimum Gasteiger partial charge on any atom is -0.440 e. The van der Waals surface area contributed by atoms with Gasteiger partial charge < -0.3 is 10.2 Å². The van der Waals surface area contributed by atoms with Crippen LogP contribution in [0.1, 0.15) is 16.4 Å². The van der Waals surface area contributed by atoms with Gasteiger partial charge in [-0.25, -0.2) is 4.98 Å². The summed E-state index contributed by atoms with van der Waals surface area (Å²) in [6, 6.07) is 9.28. The molecule has 0 saturated carbocycles. The van der Waals surface area contributed by atoms with Gasteiger partial charge in [0.1, 0.15) is 0 Å². The number of primary amides is 1. The van der Waals surface area contributed by atoms with E-state index < -0.39 is 5.91 Å². The summed E-state index contributed by atoms with van der Waals surface area (Å²) in [6.07, 6.45) is 0. The molecule has 2 rings (SSSR count). The van der Waals surface area contributed by atoms with Crippen LogP contribution < -0.4 is 5.73 Å². The van der Waals surface area contributed by atoms with Crippen LogP contribution in [-0.4, -0.2) is 10.9 Å². The fraction of sp³-hybridized carbons (Fsp3) is 0.0909. The summed E-state index contributed by atoms with van der Waals surface area (Å²) in [4.78, 5) is 15.1. The minimum atomic E-state index is -0.578. The Morgan fingerprint density at radius 3 is 2.60 bits per heavy atom. The second kappa shape index (κ2) is 3.57. The minimum absolute atomic E-state index is 0.179. The van der Waals surface area contributed by atoms with Crippen LogP contribution in [0.3, 0.4) is 0 Å². The molecule has 0 fully saturated rings. The van der Waals surface area contributed by atoms with Crippen molar-refractivity contribution in [1.29, 1.82) is 0 Å². The summed E-state index contributed by atoms with van der Waals surface area (Å²) < 4.78 is 5.35. The molecule has 76 valence electrons. The van der Waals surface area contributed by atoms with Gasteiger partial charge in [-0.2, -0.15) is 0 Å². The lowest BCUT2D eigenvalue weighted by Gasteiger charge is -1.96. The predicted molar refractivity (Wildman–Crippen MR) is 55.2 cm³/mol. The molecule has 0 spiro atoms. The zero-order chi connectivity index (χ0) is 10.8. The number of nitrogens with two attached hydrogens (primary N) is 1. The zero-order valence-electron chi connectivity index (χ0n) is 8.23. The van der Waals surface area contributed by atoms with Crippen LogP contribution in [0, 0.1) is 6.92 Å². The van der Waals surface area contributed by atoms with Crippen molar-refractivity contribution in [3.63, 3.8) is 0 Å². The van der Waals surface area contributed by atoms with E-state index in [0.717, 1.165) is 5.56 Å². The summed E-state index contributed by atoms with van der Waals surface area (Å²) in [5.74, 6) is 0.286. The van der Waals surface area contributed by atoms with Crippen LogP contribution in [0.2, 0.25) is 0 Å². The van der Waals surface area contributed by atoms with Crippen molar-refractivity contribution in [3.05, 3.63) is 41.9 Å². The van der Waals surface area contributed by atoms with Gasteiger partial charge in [0, 0.05) is 12.5 Å². The van der Waals surface area contributed by atoms with Gasteiger partial charge >= 0.3 is 0 Å². The number of carbonyl (C=O) groups excluding carboxylic acids is 1. The molecular formula is C11H10N2O2. The molecule has 1 heterocycles. The number of hydrogen-bond acceptors (Lipinski definition) is 3. The number of rotatable bonds is 2. The summed E-state index contributed by atoms with van der Waals surface area (Å²) >= 11 is 0. The lowest BCUT2D eigenvalue weighted by Crippen LogP contribution is -2.12. The predicted octanol–water partition coefficient (Wildman–Crippen LogP) is 1.75. The third-order valence-electron chi connectivity index (χ3n) is 2.00. The number of benzene rings is 1. The highest BCUT2D eigenvalue weighted by atomic mass is 16.4. The van der Waals surface area contributed by atoms with E-state index in [9.17, 15) is 4.79 Å². The average Bonchev–Trinajstić information content (AvgIpc) is 2.62. The maximum atomic E-state index is 11.1. The second-order valence-electron chi connectivity index (χ2n) is 3.14. The van der Waals surface area contributed by atoms with E-state index in [1.54, 1.807) is 6.92 Å². The van der Waals surface area contributed by atoms with E-state index in [0.29, 0.717) is 11.7 Å². The summed E-state index contributed by atoms with van der Waals surface area (Å²) in [7, 11) is 0. The molecule has 4 heteroatoms. The molecule has 2 N–H and O–H groups in total. The van der Waals surface area contributed by atoms with Crippen molar-refractivity contribution in [2.24, 2.45) is 5.73 Å². The first-order chi connectivity index (χ1) is 7.18. The smallest absolute Gasteiger partial charge is 0.271 e. The first kappa shape index (κ1) is 9.45. The molecule has 1 aromatic heterocycles. The highest BCUT2D eigenvalue weighted by Crippen LogP contribution is 2.23. The molecule has 0 aliphatic rings. The van der Waals surface area contributed by atoms with Crippen LogP contribution in [0.15, 0.2) is 34.7 Å². The standard InChI is InChI=1S/C11H10N2O2/c1-7-13-9(11(12)14)10(15-7)8-5-3-2-4-6-8/h2-6H,1H3,(H2,12,14). The van der Waals surface area contributed by atoms with Gasteiger partial charge in [-0.1, -0.05) is 30.3 Å². The van der Waals surface area contributed by atoms with Gasteiger partial charge in [-0.3, -0.25) is 4.79 Å². The topological polar surface area (TPSA) is 69.1 Å². The molecule has 0 aliphatic heterocycles. The number of hydrogen-bond donors (Lipinski definition) is 1. The first-order valence-electron chi connectivity index (χ1n) is 4.51. The van der Waals surface area contributed by atoms with E-state index in [-0.39, 0.29) is 5.69 Å². The third-order valence-corrected chi connectivity index (χ3v) is 2.00. The number of amides is 1. The molecule has 1 amide bonds. The lowest BCUT2D eigenvalue weighted by molar-refractivity contribution is 0.0996. The molecule has 0 radical (unpaired) electrons. The third kappa shape index (κ3) is 1.74. The molecule has 4 nitrogen and oxygen atoms in total. The zero-order valence-corrected chi connectivity index (χ0v) is 8.23. The molecule has 0 atom stereocenters. The van der Waals surface area contributed by atoms with Crippen molar-refractivity contribution in [1.82, 2.24) is 4.98 Å². The van der Waals surface area contributed by atoms with Crippen molar-refractivity contribution in [3.8, 4) is 11.3 Å². The normalized spacial score (nSPS) is 10.2. The van der Waals surface area contributed by atoms with E-state index in [1.807, 2.05) is 30.3 Å². The fourth-order valence-electron chi connectivity index (χ4n) is 1.38. The molecule has 0 unspecified atom stereocenters. The van der Waals surface area contributed by atoms with Crippen molar-refractivity contribution in [2.45, 2.75) is 6.92 Å². The quantitative estimate of drug-likeness (QED) is 0.806. The Bertz CT molecular complexity index is 489. The van der Waals surface area contributed by atoms with Gasteiger partial charge in [0.15, 0.2) is 17.3 Å². The van der Waals surface area contributed by atoms with Crippen molar-refractivity contribution < 1.29 is 9.21 Å². The Labute approximate surface area is 86.7 Å². The fourth-order valence-corrected chi connectivity index (χ4v) is 1.38. The Morgan fingerprint density at radius 2 is 2.00 bits per heavy atom. The number of carbonyl (C=O) groups is 1. The number of oxazole rings is 1. The Morgan fingerprint density at radius 1 is 1.33 bits per heavy atom. The molecule has 0 bridgehead atoms. The van der Waals surface area contributed by atoms with Crippen molar-refractivity contribution >= 4 is 5.91 Å². The van der Waals surface area contributed by atoms with Gasteiger partial charge in [0.05, 0.1) is 0 Å². The maximum Gasteiger partial charge on any atom is 0.271 e. The summed E-state index contributed by atoms with van der Waals surface area (Å²) in [6.45, 7) is 1.68. The van der Waals surface area contributed by atoms with Crippen molar-refractivity contribution in [2.75, 3.05) is 0 Å². The van der Waals surface area contributed by atoms with Gasteiger partial charge in [0.25, 0.3) is 5.91 Å². The van der Waals surface area contributed by atoms with Crippen LogP contribution in [0.4, 0.5) is 0 Å². The van der Waals surface area contributed by atoms with Gasteiger partial charge in [-0.05, 0) is 0 Å². The summed E-state index contributed by atoms with van der Waals surface area (Å²) in [5, 5.41) is 0. The molecule has 0 saturated heterocycles. The van der Waals surface area contributed by atoms with Crippen LogP contribution in [-0.2, 0) is 0 Å². The summed E-state index contributed by atoms with van der Waals surface area (Å²) in [5.41, 5.74) is 6.18. The SMILES string of the molecule is Cc1nc(C(N)=O)c(-c2ccccc2)o1. The van der Waals surface area contributed by atoms with E-state index >= 15 is 0 Å². The second-order valence-corrected chi connectivity index (χ2v) is 3.14. The molecule has 1 aromatic carbocycles. The van der Waals surface area contributed by atoms with Gasteiger partial charge in [-0.15, -0.1) is 0 Å². The Balaban J connectivity index is 2.58. The molecule has 2 aromatic rings. The lowest BCUT2D eigenvalue weighted by atomic mass is 10.1. The van der Waals surface area contributed by atoms with E-state index in [2.05, 4.69) is 4.98 Å². The number of nitrogens with zero attached hydrogens (tertiary/aromatic N) is 1. The average molecular weight is 202 g/mol. The van der Waals surface area contributed by atoms with Gasteiger partial charge in [0.2, 0.25) is 0 Å². The number of aryl methyl sites for hydroxylation is 1. The van der Waals surface area contributed by atoms with E-state index in [4.69, 9.17) is 10.2 Å². The Hall–Kier alpha value is -2.10. The Kier molecular flexibility index (Phi) is 2.25. The van der Waals surface area contributed by atoms with E-state index in [1.165, 1.54) is 0 Å². The monoisotopic (exact) mass is 202 g/mol. The first-order valence-corrected chi connectivity index (χ1v) is 4.51. The molecule has 0 aliphatic carbocycles. The number of aromatic nitrogens is 1. The molecular weight excluding hydrogens is 192 g/mol. The largest absolute Gasteiger partial charge is 0.440 e. The molecule has 15 heavy (non-hydrogen) atoms. The van der Waals surface area contributed by atoms with Crippen LogP contribution in [0.25, 0.3) is 11.3 Å². The van der Waals surface area contributed by atoms with Crippen LogP contribution in [0.5, 0.6) is 0 Å². The highest BCUT2D eigenvalue weighted by Gasteiger charge is 2.16. The highest BCUT2D eigenvalue weighted by molar-refractivity contribution is 5.96.